The lowest BCUT2D eigenvalue weighted by atomic mass is 9.88. The molecular formula is C46H33N. The molecule has 0 heterocycles. The Bertz CT molecular complexity index is 2260. The van der Waals surface area contributed by atoms with Gasteiger partial charge in [0.25, 0.3) is 0 Å². The van der Waals surface area contributed by atoms with E-state index in [9.17, 15) is 0 Å². The van der Waals surface area contributed by atoms with E-state index in [-0.39, 0.29) is 0 Å². The highest BCUT2D eigenvalue weighted by Crippen LogP contribution is 2.48. The smallest absolute Gasteiger partial charge is 0.0546 e. The molecular weight excluding hydrogens is 567 g/mol. The third-order valence-electron chi connectivity index (χ3n) is 8.87. The summed E-state index contributed by atoms with van der Waals surface area (Å²) in [7, 11) is 0. The Labute approximate surface area is 276 Å². The molecule has 0 aromatic heterocycles. The highest BCUT2D eigenvalue weighted by molar-refractivity contribution is 6.12. The molecule has 0 unspecified atom stereocenters. The van der Waals surface area contributed by atoms with E-state index >= 15 is 0 Å². The molecule has 1 nitrogen and oxygen atoms in total. The molecule has 0 aliphatic heterocycles. The highest BCUT2D eigenvalue weighted by atomic mass is 15.1. The Balaban J connectivity index is 1.44. The van der Waals surface area contributed by atoms with Gasteiger partial charge in [-0.25, -0.2) is 0 Å². The Morgan fingerprint density at radius 3 is 1.34 bits per heavy atom. The van der Waals surface area contributed by atoms with Gasteiger partial charge in [0.05, 0.1) is 11.4 Å². The molecule has 8 aromatic rings. The number of hydrogen-bond acceptors (Lipinski definition) is 1. The van der Waals surface area contributed by atoms with Crippen molar-refractivity contribution < 1.29 is 0 Å². The number of benzene rings is 8. The third kappa shape index (κ3) is 5.49. The average molecular weight is 600 g/mol. The number of hydrogen-bond donors (Lipinski definition) is 0. The van der Waals surface area contributed by atoms with Crippen molar-refractivity contribution in [1.29, 1.82) is 0 Å². The fraction of sp³-hybridized carbons (Fsp3) is 0. The first-order valence-corrected chi connectivity index (χ1v) is 16.1. The zero-order valence-corrected chi connectivity index (χ0v) is 26.0. The van der Waals surface area contributed by atoms with Crippen LogP contribution in [0, 0.1) is 0 Å². The summed E-state index contributed by atoms with van der Waals surface area (Å²) in [5, 5.41) is 2.42. The van der Waals surface area contributed by atoms with E-state index in [1.807, 2.05) is 0 Å². The second-order valence-electron chi connectivity index (χ2n) is 11.7. The van der Waals surface area contributed by atoms with Crippen LogP contribution in [-0.2, 0) is 0 Å². The summed E-state index contributed by atoms with van der Waals surface area (Å²) in [4.78, 5) is 2.45. The normalized spacial score (nSPS) is 11.0. The third-order valence-corrected chi connectivity index (χ3v) is 8.87. The van der Waals surface area contributed by atoms with Gasteiger partial charge in [0.2, 0.25) is 0 Å². The molecule has 0 radical (unpaired) electrons. The summed E-state index contributed by atoms with van der Waals surface area (Å²) in [6.07, 6.45) is 0. The predicted octanol–water partition coefficient (Wildman–Crippen LogP) is 13.0. The maximum Gasteiger partial charge on any atom is 0.0546 e. The van der Waals surface area contributed by atoms with E-state index < -0.39 is 0 Å². The van der Waals surface area contributed by atoms with Crippen molar-refractivity contribution in [2.24, 2.45) is 0 Å². The number of para-hydroxylation sites is 1. The van der Waals surface area contributed by atoms with Gasteiger partial charge in [-0.3, -0.25) is 0 Å². The number of anilines is 3. The monoisotopic (exact) mass is 599 g/mol. The average Bonchev–Trinajstić information content (AvgIpc) is 3.16. The van der Waals surface area contributed by atoms with Crippen molar-refractivity contribution in [2.75, 3.05) is 4.90 Å². The molecule has 0 atom stereocenters. The fourth-order valence-electron chi connectivity index (χ4n) is 6.67. The van der Waals surface area contributed by atoms with Gasteiger partial charge < -0.3 is 4.90 Å². The van der Waals surface area contributed by atoms with Gasteiger partial charge in [-0.2, -0.15) is 0 Å². The predicted molar refractivity (Wildman–Crippen MR) is 200 cm³/mol. The van der Waals surface area contributed by atoms with Crippen LogP contribution in [0.1, 0.15) is 0 Å². The molecule has 0 spiro atoms. The van der Waals surface area contributed by atoms with Crippen molar-refractivity contribution >= 4 is 27.8 Å². The molecule has 47 heavy (non-hydrogen) atoms. The Morgan fingerprint density at radius 2 is 0.723 bits per heavy atom. The summed E-state index contributed by atoms with van der Waals surface area (Å²) in [6, 6.07) is 71.8. The zero-order valence-electron chi connectivity index (χ0n) is 26.0. The molecule has 8 rings (SSSR count). The summed E-state index contributed by atoms with van der Waals surface area (Å²) >= 11 is 0. The molecule has 0 fully saturated rings. The van der Waals surface area contributed by atoms with Gasteiger partial charge in [0, 0.05) is 16.6 Å². The lowest BCUT2D eigenvalue weighted by Gasteiger charge is -2.30. The van der Waals surface area contributed by atoms with Crippen LogP contribution >= 0.6 is 0 Å². The van der Waals surface area contributed by atoms with E-state index in [0.717, 1.165) is 17.1 Å². The van der Waals surface area contributed by atoms with Crippen LogP contribution in [-0.4, -0.2) is 0 Å². The molecule has 0 aliphatic rings. The lowest BCUT2D eigenvalue weighted by Crippen LogP contribution is -2.12. The van der Waals surface area contributed by atoms with E-state index in [0.29, 0.717) is 0 Å². The van der Waals surface area contributed by atoms with Crippen molar-refractivity contribution in [1.82, 2.24) is 0 Å². The van der Waals surface area contributed by atoms with Crippen LogP contribution in [0.3, 0.4) is 0 Å². The molecule has 0 bridgehead atoms. The van der Waals surface area contributed by atoms with Gasteiger partial charge >= 0.3 is 0 Å². The molecule has 0 N–H and O–H groups in total. The minimum atomic E-state index is 1.10. The summed E-state index contributed by atoms with van der Waals surface area (Å²) in [6.45, 7) is 0. The highest BCUT2D eigenvalue weighted by Gasteiger charge is 2.23. The molecule has 0 saturated heterocycles. The van der Waals surface area contributed by atoms with E-state index in [1.165, 1.54) is 55.3 Å². The van der Waals surface area contributed by atoms with Gasteiger partial charge in [-0.15, -0.1) is 0 Å². The number of nitrogens with zero attached hydrogens (tertiary/aromatic N) is 1. The summed E-state index contributed by atoms with van der Waals surface area (Å²) < 4.78 is 0. The molecule has 0 amide bonds. The number of fused-ring (bicyclic) bond motifs is 1. The molecule has 0 aliphatic carbocycles. The first-order chi connectivity index (χ1) is 23.3. The molecule has 1 heteroatoms. The van der Waals surface area contributed by atoms with Crippen molar-refractivity contribution in [3.05, 3.63) is 200 Å². The van der Waals surface area contributed by atoms with E-state index in [2.05, 4.69) is 205 Å². The van der Waals surface area contributed by atoms with Gasteiger partial charge in [-0.05, 0) is 68.6 Å². The quantitative estimate of drug-likeness (QED) is 0.176. The van der Waals surface area contributed by atoms with Gasteiger partial charge in [0.15, 0.2) is 0 Å². The largest absolute Gasteiger partial charge is 0.309 e. The SMILES string of the molecule is c1ccc(-c2ccc(N(c3ccccc3-c3ccccc3)c3cc(-c4ccccc4)c(-c4ccccc4)c4ccccc34)cc2)cc1. The van der Waals surface area contributed by atoms with Crippen LogP contribution in [0.25, 0.3) is 55.3 Å². The summed E-state index contributed by atoms with van der Waals surface area (Å²) in [5.41, 5.74) is 13.0. The van der Waals surface area contributed by atoms with Crippen molar-refractivity contribution in [2.45, 2.75) is 0 Å². The van der Waals surface area contributed by atoms with Crippen LogP contribution in [0.5, 0.6) is 0 Å². The number of rotatable bonds is 7. The lowest BCUT2D eigenvalue weighted by molar-refractivity contribution is 1.30. The van der Waals surface area contributed by atoms with Crippen molar-refractivity contribution in [3.8, 4) is 44.5 Å². The Morgan fingerprint density at radius 1 is 0.277 bits per heavy atom. The second kappa shape index (κ2) is 12.7. The van der Waals surface area contributed by atoms with Crippen LogP contribution in [0.2, 0.25) is 0 Å². The first-order valence-electron chi connectivity index (χ1n) is 16.1. The van der Waals surface area contributed by atoms with Gasteiger partial charge in [0.1, 0.15) is 0 Å². The minimum Gasteiger partial charge on any atom is -0.309 e. The fourth-order valence-corrected chi connectivity index (χ4v) is 6.67. The molecule has 0 saturated carbocycles. The minimum absolute atomic E-state index is 1.10. The maximum atomic E-state index is 2.45. The zero-order chi connectivity index (χ0) is 31.4. The molecule has 8 aromatic carbocycles. The second-order valence-corrected chi connectivity index (χ2v) is 11.7. The van der Waals surface area contributed by atoms with E-state index in [1.54, 1.807) is 0 Å². The molecule has 222 valence electrons. The van der Waals surface area contributed by atoms with Crippen LogP contribution in [0.4, 0.5) is 17.1 Å². The van der Waals surface area contributed by atoms with Crippen LogP contribution in [0.15, 0.2) is 200 Å². The summed E-state index contributed by atoms with van der Waals surface area (Å²) in [5.74, 6) is 0. The Kier molecular flexibility index (Phi) is 7.63. The standard InChI is InChI=1S/C46H33N/c1-5-17-34(18-6-1)35-29-31-39(32-30-35)47(44-28-16-15-25-40(44)36-19-7-2-8-20-36)45-33-43(37-21-9-3-10-22-37)46(38-23-11-4-12-24-38)42-27-14-13-26-41(42)45/h1-33H. The maximum absolute atomic E-state index is 2.45. The van der Waals surface area contributed by atoms with E-state index in [4.69, 9.17) is 0 Å². The van der Waals surface area contributed by atoms with Crippen LogP contribution < -0.4 is 4.90 Å². The Hall–Kier alpha value is -6.18. The first kappa shape index (κ1) is 28.3. The van der Waals surface area contributed by atoms with Gasteiger partial charge in [-0.1, -0.05) is 176 Å². The van der Waals surface area contributed by atoms with Crippen molar-refractivity contribution in [3.63, 3.8) is 0 Å². The topological polar surface area (TPSA) is 3.24 Å².